The summed E-state index contributed by atoms with van der Waals surface area (Å²) < 4.78 is 10.9. The van der Waals surface area contributed by atoms with Gasteiger partial charge in [-0.15, -0.1) is 11.3 Å². The number of anilines is 1. The van der Waals surface area contributed by atoms with Crippen LogP contribution in [0.2, 0.25) is 0 Å². The molecule has 2 heterocycles. The fourth-order valence-electron chi connectivity index (χ4n) is 3.24. The predicted molar refractivity (Wildman–Crippen MR) is 110 cm³/mol. The van der Waals surface area contributed by atoms with Crippen molar-refractivity contribution in [2.45, 2.75) is 57.6 Å². The van der Waals surface area contributed by atoms with Gasteiger partial charge in [0, 0.05) is 44.6 Å². The molecule has 0 radical (unpaired) electrons. The average molecular weight is 427 g/mol. The third-order valence-electron chi connectivity index (χ3n) is 4.50. The SMILES string of the molecule is COCC1(CNC(=O)CCC(=O)Nc2nccs2)CCCN1C(=O)OC(C)(C)C. The Morgan fingerprint density at radius 2 is 2.00 bits per heavy atom. The second kappa shape index (κ2) is 10.0. The van der Waals surface area contributed by atoms with Crippen molar-refractivity contribution >= 4 is 34.4 Å². The summed E-state index contributed by atoms with van der Waals surface area (Å²) in [5.74, 6) is -0.524. The molecule has 0 spiro atoms. The molecule has 9 nitrogen and oxygen atoms in total. The van der Waals surface area contributed by atoms with E-state index in [9.17, 15) is 14.4 Å². The Morgan fingerprint density at radius 3 is 2.62 bits per heavy atom. The summed E-state index contributed by atoms with van der Waals surface area (Å²) in [4.78, 5) is 42.4. The molecule has 1 aromatic rings. The number of likely N-dealkylation sites (tertiary alicyclic amines) is 1. The fraction of sp³-hybridized carbons (Fsp3) is 0.684. The van der Waals surface area contributed by atoms with Crippen LogP contribution in [0.3, 0.4) is 0 Å². The maximum Gasteiger partial charge on any atom is 0.410 e. The van der Waals surface area contributed by atoms with E-state index in [1.807, 2.05) is 20.8 Å². The van der Waals surface area contributed by atoms with Crippen molar-refractivity contribution in [2.75, 3.05) is 32.1 Å². The normalized spacial score (nSPS) is 19.1. The minimum Gasteiger partial charge on any atom is -0.444 e. The molecule has 1 aliphatic heterocycles. The third-order valence-corrected chi connectivity index (χ3v) is 5.18. The highest BCUT2D eigenvalue weighted by Crippen LogP contribution is 2.31. The topological polar surface area (TPSA) is 110 Å². The second-order valence-electron chi connectivity index (χ2n) is 8.06. The van der Waals surface area contributed by atoms with E-state index in [1.54, 1.807) is 23.6 Å². The molecule has 1 aromatic heterocycles. The maximum atomic E-state index is 12.6. The van der Waals surface area contributed by atoms with Crippen molar-refractivity contribution in [3.63, 3.8) is 0 Å². The zero-order chi connectivity index (χ0) is 21.5. The number of aromatic nitrogens is 1. The molecule has 2 N–H and O–H groups in total. The van der Waals surface area contributed by atoms with E-state index in [0.29, 0.717) is 18.1 Å². The summed E-state index contributed by atoms with van der Waals surface area (Å²) in [7, 11) is 1.57. The lowest BCUT2D eigenvalue weighted by Gasteiger charge is -2.38. The molecule has 1 unspecified atom stereocenters. The van der Waals surface area contributed by atoms with Gasteiger partial charge in [-0.3, -0.25) is 14.5 Å². The van der Waals surface area contributed by atoms with Crippen molar-refractivity contribution in [3.8, 4) is 0 Å². The second-order valence-corrected chi connectivity index (χ2v) is 8.95. The molecule has 1 aliphatic rings. The van der Waals surface area contributed by atoms with E-state index in [2.05, 4.69) is 15.6 Å². The van der Waals surface area contributed by atoms with Crippen LogP contribution >= 0.6 is 11.3 Å². The molecule has 0 aliphatic carbocycles. The highest BCUT2D eigenvalue weighted by atomic mass is 32.1. The molecule has 0 aromatic carbocycles. The number of carbonyl (C=O) groups excluding carboxylic acids is 3. The van der Waals surface area contributed by atoms with Crippen LogP contribution in [0.25, 0.3) is 0 Å². The lowest BCUT2D eigenvalue weighted by atomic mass is 9.97. The van der Waals surface area contributed by atoms with Crippen LogP contribution in [0.15, 0.2) is 11.6 Å². The molecular weight excluding hydrogens is 396 g/mol. The molecule has 2 rings (SSSR count). The number of carbonyl (C=O) groups is 3. The standard InChI is InChI=1S/C19H30N4O5S/c1-18(2,3)28-17(26)23-10-5-8-19(23,13-27-4)12-21-14(24)6-7-15(25)22-16-20-9-11-29-16/h9,11H,5-8,10,12-13H2,1-4H3,(H,21,24)(H,20,22,25). The van der Waals surface area contributed by atoms with Crippen molar-refractivity contribution in [2.24, 2.45) is 0 Å². The minimum atomic E-state index is -0.657. The van der Waals surface area contributed by atoms with Crippen LogP contribution in [-0.4, -0.2) is 65.7 Å². The summed E-state index contributed by atoms with van der Waals surface area (Å²) in [5, 5.41) is 7.76. The summed E-state index contributed by atoms with van der Waals surface area (Å²) in [5.41, 5.74) is -1.26. The Kier molecular flexibility index (Phi) is 7.97. The third kappa shape index (κ3) is 6.97. The molecule has 0 bridgehead atoms. The number of rotatable bonds is 8. The first-order chi connectivity index (χ1) is 13.6. The predicted octanol–water partition coefficient (Wildman–Crippen LogP) is 2.39. The minimum absolute atomic E-state index is 0.0483. The van der Waals surface area contributed by atoms with E-state index >= 15 is 0 Å². The number of hydrogen-bond donors (Lipinski definition) is 2. The van der Waals surface area contributed by atoms with Crippen LogP contribution in [-0.2, 0) is 19.1 Å². The highest BCUT2D eigenvalue weighted by Gasteiger charge is 2.45. The Balaban J connectivity index is 1.89. The quantitative estimate of drug-likeness (QED) is 0.661. The Labute approximate surface area is 175 Å². The Bertz CT molecular complexity index is 704. The molecule has 162 valence electrons. The van der Waals surface area contributed by atoms with Gasteiger partial charge in [-0.2, -0.15) is 0 Å². The van der Waals surface area contributed by atoms with Gasteiger partial charge in [0.2, 0.25) is 11.8 Å². The summed E-state index contributed by atoms with van der Waals surface area (Å²) >= 11 is 1.32. The number of methoxy groups -OCH3 is 1. The van der Waals surface area contributed by atoms with Gasteiger partial charge in [-0.25, -0.2) is 9.78 Å². The van der Waals surface area contributed by atoms with Crippen LogP contribution in [0.5, 0.6) is 0 Å². The number of thiazole rings is 1. The lowest BCUT2D eigenvalue weighted by Crippen LogP contribution is -2.57. The first-order valence-electron chi connectivity index (χ1n) is 9.61. The van der Waals surface area contributed by atoms with Crippen molar-refractivity contribution in [1.29, 1.82) is 0 Å². The molecule has 29 heavy (non-hydrogen) atoms. The van der Waals surface area contributed by atoms with Gasteiger partial charge in [0.05, 0.1) is 12.1 Å². The van der Waals surface area contributed by atoms with Gasteiger partial charge in [0.25, 0.3) is 0 Å². The number of nitrogens with zero attached hydrogens (tertiary/aromatic N) is 2. The van der Waals surface area contributed by atoms with Crippen molar-refractivity contribution in [1.82, 2.24) is 15.2 Å². The van der Waals surface area contributed by atoms with Crippen molar-refractivity contribution < 1.29 is 23.9 Å². The molecule has 1 atom stereocenters. The molecule has 1 fully saturated rings. The van der Waals surface area contributed by atoms with E-state index < -0.39 is 17.2 Å². The van der Waals surface area contributed by atoms with Crippen LogP contribution in [0.4, 0.5) is 9.93 Å². The monoisotopic (exact) mass is 426 g/mol. The van der Waals surface area contributed by atoms with E-state index in [1.165, 1.54) is 11.3 Å². The first kappa shape index (κ1) is 23.1. The summed E-state index contributed by atoms with van der Waals surface area (Å²) in [6.45, 7) is 6.53. The zero-order valence-electron chi connectivity index (χ0n) is 17.4. The van der Waals surface area contributed by atoms with Gasteiger partial charge in [-0.1, -0.05) is 0 Å². The first-order valence-corrected chi connectivity index (χ1v) is 10.5. The zero-order valence-corrected chi connectivity index (χ0v) is 18.3. The number of amides is 3. The number of ether oxygens (including phenoxy) is 2. The van der Waals surface area contributed by atoms with Gasteiger partial charge in [0.1, 0.15) is 5.60 Å². The summed E-state index contributed by atoms with van der Waals surface area (Å²) in [6.07, 6.45) is 2.79. The number of hydrogen-bond acceptors (Lipinski definition) is 7. The van der Waals surface area contributed by atoms with E-state index in [0.717, 1.165) is 6.42 Å². The van der Waals surface area contributed by atoms with Crippen LogP contribution < -0.4 is 10.6 Å². The summed E-state index contributed by atoms with van der Waals surface area (Å²) in [6, 6.07) is 0. The molecule has 0 saturated carbocycles. The smallest absolute Gasteiger partial charge is 0.410 e. The Morgan fingerprint density at radius 1 is 1.28 bits per heavy atom. The van der Waals surface area contributed by atoms with Gasteiger partial charge in [0.15, 0.2) is 5.13 Å². The molecule has 1 saturated heterocycles. The Hall–Kier alpha value is -2.20. The molecule has 10 heteroatoms. The molecular formula is C19H30N4O5S. The fourth-order valence-corrected chi connectivity index (χ4v) is 3.78. The van der Waals surface area contributed by atoms with Crippen molar-refractivity contribution in [3.05, 3.63) is 11.6 Å². The van der Waals surface area contributed by atoms with Gasteiger partial charge in [-0.05, 0) is 33.6 Å². The van der Waals surface area contributed by atoms with E-state index in [-0.39, 0.29) is 37.8 Å². The van der Waals surface area contributed by atoms with Gasteiger partial charge < -0.3 is 20.1 Å². The number of nitrogens with one attached hydrogen (secondary N) is 2. The largest absolute Gasteiger partial charge is 0.444 e. The maximum absolute atomic E-state index is 12.6. The van der Waals surface area contributed by atoms with Crippen LogP contribution in [0, 0.1) is 0 Å². The lowest BCUT2D eigenvalue weighted by molar-refractivity contribution is -0.125. The average Bonchev–Trinajstić information content (AvgIpc) is 3.27. The van der Waals surface area contributed by atoms with E-state index in [4.69, 9.17) is 9.47 Å². The molecule has 3 amide bonds. The highest BCUT2D eigenvalue weighted by molar-refractivity contribution is 7.13. The van der Waals surface area contributed by atoms with Crippen LogP contribution in [0.1, 0.15) is 46.5 Å². The van der Waals surface area contributed by atoms with Gasteiger partial charge >= 0.3 is 6.09 Å².